The summed E-state index contributed by atoms with van der Waals surface area (Å²) in [6.07, 6.45) is 2.29. The highest BCUT2D eigenvalue weighted by Gasteiger charge is 2.41. The molecule has 0 radical (unpaired) electrons. The Bertz CT molecular complexity index is 1880. The number of amides is 4. The Morgan fingerprint density at radius 1 is 1.00 bits per heavy atom. The summed E-state index contributed by atoms with van der Waals surface area (Å²) in [6, 6.07) is 16.7. The molecule has 0 N–H and O–H groups in total. The van der Waals surface area contributed by atoms with Crippen molar-refractivity contribution in [2.24, 2.45) is 0 Å². The number of likely N-dealkylation sites (tertiary alicyclic amines) is 1. The first-order chi connectivity index (χ1) is 24.1. The molecule has 3 heterocycles. The van der Waals surface area contributed by atoms with Crippen LogP contribution in [0.4, 0.5) is 15.3 Å². The van der Waals surface area contributed by atoms with Crippen molar-refractivity contribution in [3.63, 3.8) is 0 Å². The standard InChI is InChI=1S/C38H50N6O6Si/c1-38(2,3)50-37(47)42-20-12-14-31(42)35(45)44(36(46)41(4)5)28-18-16-26(17-19-28)27-23-30-33(29-13-10-11-15-32(29)48-6)40-43(34(30)39-24-27)25-49-21-22-51(7,8)9/h10-11,13,15-19,23-24,31H,12,14,20-22,25H2,1-9H3. The molecule has 5 rings (SSSR count). The summed E-state index contributed by atoms with van der Waals surface area (Å²) in [7, 11) is 3.57. The summed E-state index contributed by atoms with van der Waals surface area (Å²) in [5, 5.41) is 5.77. The average molecular weight is 715 g/mol. The normalized spacial score (nSPS) is 14.8. The van der Waals surface area contributed by atoms with Crippen LogP contribution in [-0.2, 0) is 21.0 Å². The number of imide groups is 1. The van der Waals surface area contributed by atoms with Crippen LogP contribution in [0.15, 0.2) is 60.8 Å². The van der Waals surface area contributed by atoms with E-state index in [1.165, 1.54) is 9.80 Å². The minimum Gasteiger partial charge on any atom is -0.496 e. The number of aromatic nitrogens is 3. The van der Waals surface area contributed by atoms with Crippen molar-refractivity contribution >= 4 is 42.8 Å². The van der Waals surface area contributed by atoms with E-state index in [0.29, 0.717) is 43.1 Å². The number of carbonyl (C=O) groups excluding carboxylic acids is 3. The van der Waals surface area contributed by atoms with Crippen molar-refractivity contribution in [2.75, 3.05) is 39.3 Å². The van der Waals surface area contributed by atoms with Gasteiger partial charge in [-0.3, -0.25) is 9.69 Å². The molecule has 2 aromatic carbocycles. The lowest BCUT2D eigenvalue weighted by Crippen LogP contribution is -2.53. The van der Waals surface area contributed by atoms with Crippen LogP contribution in [0.25, 0.3) is 33.4 Å². The van der Waals surface area contributed by atoms with Gasteiger partial charge in [0.1, 0.15) is 29.8 Å². The van der Waals surface area contributed by atoms with E-state index in [1.54, 1.807) is 65.0 Å². The second-order valence-electron chi connectivity index (χ2n) is 15.2. The quantitative estimate of drug-likeness (QED) is 0.122. The van der Waals surface area contributed by atoms with E-state index in [-0.39, 0.29) is 6.73 Å². The SMILES string of the molecule is COc1ccccc1-c1nn(COCC[Si](C)(C)C)c2ncc(-c3ccc(N(C(=O)C4CCCN4C(=O)OC(C)(C)C)C(=O)N(C)C)cc3)cc12. The topological polar surface area (TPSA) is 119 Å². The number of benzene rings is 2. The molecule has 1 atom stereocenters. The fourth-order valence-electron chi connectivity index (χ4n) is 5.92. The number of anilines is 1. The third-order valence-electron chi connectivity index (χ3n) is 8.58. The largest absolute Gasteiger partial charge is 0.496 e. The monoisotopic (exact) mass is 714 g/mol. The maximum absolute atomic E-state index is 14.0. The zero-order valence-electron chi connectivity index (χ0n) is 31.2. The summed E-state index contributed by atoms with van der Waals surface area (Å²) in [5.41, 5.74) is 3.58. The van der Waals surface area contributed by atoms with Gasteiger partial charge in [0, 0.05) is 58.0 Å². The molecular weight excluding hydrogens is 665 g/mol. The minimum atomic E-state index is -1.26. The first-order valence-corrected chi connectivity index (χ1v) is 21.0. The van der Waals surface area contributed by atoms with Gasteiger partial charge in [0.2, 0.25) is 0 Å². The third kappa shape index (κ3) is 8.77. The molecule has 0 spiro atoms. The average Bonchev–Trinajstić information content (AvgIpc) is 3.71. The molecular formula is C38H50N6O6Si. The van der Waals surface area contributed by atoms with Gasteiger partial charge < -0.3 is 19.1 Å². The number of hydrogen-bond donors (Lipinski definition) is 0. The molecule has 51 heavy (non-hydrogen) atoms. The Morgan fingerprint density at radius 3 is 2.35 bits per heavy atom. The van der Waals surface area contributed by atoms with E-state index in [1.807, 2.05) is 42.5 Å². The Hall–Kier alpha value is -4.75. The Morgan fingerprint density at radius 2 is 1.71 bits per heavy atom. The van der Waals surface area contributed by atoms with Crippen LogP contribution in [0, 0.1) is 0 Å². The number of urea groups is 1. The molecule has 0 bridgehead atoms. The van der Waals surface area contributed by atoms with Crippen LogP contribution < -0.4 is 9.64 Å². The smallest absolute Gasteiger partial charge is 0.410 e. The van der Waals surface area contributed by atoms with Crippen molar-refractivity contribution in [2.45, 2.75) is 77.7 Å². The maximum Gasteiger partial charge on any atom is 0.410 e. The van der Waals surface area contributed by atoms with E-state index in [2.05, 4.69) is 19.6 Å². The van der Waals surface area contributed by atoms with Crippen LogP contribution in [0.3, 0.4) is 0 Å². The number of pyridine rings is 1. The Labute approximate surface area is 301 Å². The molecule has 12 nitrogen and oxygen atoms in total. The van der Waals surface area contributed by atoms with Gasteiger partial charge in [-0.15, -0.1) is 0 Å². The summed E-state index contributed by atoms with van der Waals surface area (Å²) in [4.78, 5) is 49.3. The van der Waals surface area contributed by atoms with Gasteiger partial charge in [-0.25, -0.2) is 24.2 Å². The summed E-state index contributed by atoms with van der Waals surface area (Å²) < 4.78 is 19.1. The number of carbonyl (C=O) groups is 3. The number of nitrogens with zero attached hydrogens (tertiary/aromatic N) is 6. The second kappa shape index (κ2) is 15.2. The van der Waals surface area contributed by atoms with E-state index in [0.717, 1.165) is 38.7 Å². The lowest BCUT2D eigenvalue weighted by molar-refractivity contribution is -0.122. The fourth-order valence-corrected chi connectivity index (χ4v) is 6.68. The highest BCUT2D eigenvalue weighted by Crippen LogP contribution is 2.36. The van der Waals surface area contributed by atoms with Crippen molar-refractivity contribution in [1.82, 2.24) is 24.6 Å². The lowest BCUT2D eigenvalue weighted by atomic mass is 10.0. The number of para-hydroxylation sites is 1. The predicted octanol–water partition coefficient (Wildman–Crippen LogP) is 7.50. The predicted molar refractivity (Wildman–Crippen MR) is 202 cm³/mol. The molecule has 1 aliphatic rings. The molecule has 1 fully saturated rings. The zero-order valence-corrected chi connectivity index (χ0v) is 32.2. The van der Waals surface area contributed by atoms with Gasteiger partial charge in [-0.1, -0.05) is 43.9 Å². The van der Waals surface area contributed by atoms with Gasteiger partial charge in [0.05, 0.1) is 12.8 Å². The molecule has 2 aromatic heterocycles. The van der Waals surface area contributed by atoms with Crippen molar-refractivity contribution in [3.8, 4) is 28.1 Å². The molecule has 1 saturated heterocycles. The van der Waals surface area contributed by atoms with Gasteiger partial charge in [0.25, 0.3) is 5.91 Å². The number of fused-ring (bicyclic) bond motifs is 1. The van der Waals surface area contributed by atoms with Crippen LogP contribution in [0.5, 0.6) is 5.75 Å². The molecule has 1 unspecified atom stereocenters. The molecule has 1 aliphatic heterocycles. The van der Waals surface area contributed by atoms with Gasteiger partial charge in [-0.05, 0) is 75.6 Å². The van der Waals surface area contributed by atoms with Gasteiger partial charge in [-0.2, -0.15) is 5.10 Å². The Kier molecular flexibility index (Phi) is 11.2. The van der Waals surface area contributed by atoms with Crippen molar-refractivity contribution in [1.29, 1.82) is 0 Å². The van der Waals surface area contributed by atoms with E-state index in [4.69, 9.17) is 24.3 Å². The number of hydrogen-bond acceptors (Lipinski definition) is 8. The number of rotatable bonds is 10. The molecule has 272 valence electrons. The van der Waals surface area contributed by atoms with Gasteiger partial charge in [0.15, 0.2) is 5.65 Å². The molecule has 13 heteroatoms. The summed E-state index contributed by atoms with van der Waals surface area (Å²) in [6.45, 7) is 13.6. The van der Waals surface area contributed by atoms with Crippen LogP contribution in [0.1, 0.15) is 33.6 Å². The second-order valence-corrected chi connectivity index (χ2v) is 20.8. The zero-order chi connectivity index (χ0) is 37.1. The van der Waals surface area contributed by atoms with Crippen LogP contribution in [-0.4, -0.2) is 96.7 Å². The van der Waals surface area contributed by atoms with E-state index < -0.39 is 37.7 Å². The van der Waals surface area contributed by atoms with Crippen LogP contribution >= 0.6 is 0 Å². The summed E-state index contributed by atoms with van der Waals surface area (Å²) >= 11 is 0. The highest BCUT2D eigenvalue weighted by molar-refractivity contribution is 6.76. The lowest BCUT2D eigenvalue weighted by Gasteiger charge is -2.32. The van der Waals surface area contributed by atoms with Crippen molar-refractivity contribution < 1.29 is 28.6 Å². The third-order valence-corrected chi connectivity index (χ3v) is 10.3. The van der Waals surface area contributed by atoms with Crippen LogP contribution in [0.2, 0.25) is 25.7 Å². The van der Waals surface area contributed by atoms with Gasteiger partial charge >= 0.3 is 12.1 Å². The Balaban J connectivity index is 1.48. The maximum atomic E-state index is 14.0. The molecule has 4 aromatic rings. The first-order valence-electron chi connectivity index (χ1n) is 17.3. The molecule has 4 amide bonds. The van der Waals surface area contributed by atoms with Crippen molar-refractivity contribution in [3.05, 3.63) is 60.8 Å². The highest BCUT2D eigenvalue weighted by atomic mass is 28.3. The first kappa shape index (κ1) is 37.5. The molecule has 0 saturated carbocycles. The fraction of sp³-hybridized carbons (Fsp3) is 0.447. The summed E-state index contributed by atoms with van der Waals surface area (Å²) in [5.74, 6) is 0.218. The number of ether oxygens (including phenoxy) is 3. The minimum absolute atomic E-state index is 0.271. The van der Waals surface area contributed by atoms with E-state index >= 15 is 0 Å². The number of methoxy groups -OCH3 is 1. The van der Waals surface area contributed by atoms with E-state index in [9.17, 15) is 14.4 Å². The molecule has 0 aliphatic carbocycles.